The zero-order chi connectivity index (χ0) is 15.1. The van der Waals surface area contributed by atoms with E-state index in [4.69, 9.17) is 4.74 Å². The van der Waals surface area contributed by atoms with Gasteiger partial charge in [0.25, 0.3) is 0 Å². The Balaban J connectivity index is 2.37. The zero-order valence-corrected chi connectivity index (χ0v) is 12.8. The van der Waals surface area contributed by atoms with Gasteiger partial charge < -0.3 is 4.74 Å². The molecule has 0 fully saturated rings. The van der Waals surface area contributed by atoms with Crippen LogP contribution in [0, 0.1) is 11.8 Å². The maximum absolute atomic E-state index is 12.6. The molecule has 0 bridgehead atoms. The summed E-state index contributed by atoms with van der Waals surface area (Å²) in [4.78, 5) is 24.9. The molecule has 1 aromatic carbocycles. The van der Waals surface area contributed by atoms with Crippen LogP contribution in [0.3, 0.4) is 0 Å². The SMILES string of the molecule is C[C@@H]1c2ccccc2C(=O)C(C(=O)OC(C)(C)C)[C@@H]1C. The molecule has 1 aliphatic carbocycles. The van der Waals surface area contributed by atoms with Crippen LogP contribution in [0.25, 0.3) is 0 Å². The molecule has 1 aliphatic rings. The van der Waals surface area contributed by atoms with Crippen molar-refractivity contribution in [3.63, 3.8) is 0 Å². The van der Waals surface area contributed by atoms with Gasteiger partial charge in [-0.05, 0) is 38.2 Å². The summed E-state index contributed by atoms with van der Waals surface area (Å²) in [6.07, 6.45) is 0. The fourth-order valence-electron chi connectivity index (χ4n) is 2.78. The van der Waals surface area contributed by atoms with Gasteiger partial charge in [-0.25, -0.2) is 0 Å². The standard InChI is InChI=1S/C17H22O3/c1-10-11(2)14(16(19)20-17(3,4)5)15(18)13-9-7-6-8-12(10)13/h6-11,14H,1-5H3/t10-,11+,14?/m0/s1. The number of hydrogen-bond donors (Lipinski definition) is 0. The van der Waals surface area contributed by atoms with Gasteiger partial charge in [0.05, 0.1) is 0 Å². The first kappa shape index (κ1) is 14.8. The van der Waals surface area contributed by atoms with Crippen molar-refractivity contribution >= 4 is 11.8 Å². The molecular weight excluding hydrogens is 252 g/mol. The van der Waals surface area contributed by atoms with E-state index in [9.17, 15) is 9.59 Å². The van der Waals surface area contributed by atoms with E-state index in [1.807, 2.05) is 45.9 Å². The van der Waals surface area contributed by atoms with Gasteiger partial charge in [-0.1, -0.05) is 38.1 Å². The third-order valence-electron chi connectivity index (χ3n) is 3.97. The molecule has 0 aliphatic heterocycles. The number of rotatable bonds is 1. The van der Waals surface area contributed by atoms with E-state index in [0.717, 1.165) is 5.56 Å². The zero-order valence-electron chi connectivity index (χ0n) is 12.8. The van der Waals surface area contributed by atoms with Crippen LogP contribution in [0.4, 0.5) is 0 Å². The predicted molar refractivity (Wildman–Crippen MR) is 77.7 cm³/mol. The Morgan fingerprint density at radius 1 is 1.15 bits per heavy atom. The average Bonchev–Trinajstić information content (AvgIpc) is 2.34. The first-order valence-electron chi connectivity index (χ1n) is 7.08. The van der Waals surface area contributed by atoms with Gasteiger partial charge in [-0.2, -0.15) is 0 Å². The molecule has 20 heavy (non-hydrogen) atoms. The molecule has 0 heterocycles. The highest BCUT2D eigenvalue weighted by atomic mass is 16.6. The smallest absolute Gasteiger partial charge is 0.317 e. The van der Waals surface area contributed by atoms with Crippen LogP contribution >= 0.6 is 0 Å². The minimum Gasteiger partial charge on any atom is -0.459 e. The topological polar surface area (TPSA) is 43.4 Å². The Morgan fingerprint density at radius 2 is 1.75 bits per heavy atom. The lowest BCUT2D eigenvalue weighted by Gasteiger charge is -2.34. The maximum atomic E-state index is 12.6. The van der Waals surface area contributed by atoms with Crippen molar-refractivity contribution in [1.82, 2.24) is 0 Å². The van der Waals surface area contributed by atoms with Crippen LogP contribution in [0.15, 0.2) is 24.3 Å². The number of carbonyl (C=O) groups excluding carboxylic acids is 2. The Labute approximate surface area is 120 Å². The first-order valence-corrected chi connectivity index (χ1v) is 7.08. The van der Waals surface area contributed by atoms with Crippen LogP contribution in [0.5, 0.6) is 0 Å². The van der Waals surface area contributed by atoms with Crippen molar-refractivity contribution in [2.75, 3.05) is 0 Å². The summed E-state index contributed by atoms with van der Waals surface area (Å²) in [5, 5.41) is 0. The Kier molecular flexibility index (Phi) is 3.72. The van der Waals surface area contributed by atoms with Crippen LogP contribution < -0.4 is 0 Å². The molecule has 0 aromatic heterocycles. The summed E-state index contributed by atoms with van der Waals surface area (Å²) in [5.74, 6) is -1.09. The van der Waals surface area contributed by atoms with Crippen LogP contribution in [-0.4, -0.2) is 17.4 Å². The van der Waals surface area contributed by atoms with Gasteiger partial charge in [0, 0.05) is 5.56 Å². The molecule has 3 atom stereocenters. The van der Waals surface area contributed by atoms with Crippen molar-refractivity contribution in [2.45, 2.75) is 46.1 Å². The van der Waals surface area contributed by atoms with Gasteiger partial charge in [0.1, 0.15) is 11.5 Å². The van der Waals surface area contributed by atoms with Crippen molar-refractivity contribution in [1.29, 1.82) is 0 Å². The van der Waals surface area contributed by atoms with Gasteiger partial charge in [0.2, 0.25) is 0 Å². The average molecular weight is 274 g/mol. The molecule has 0 saturated carbocycles. The number of fused-ring (bicyclic) bond motifs is 1. The third kappa shape index (κ3) is 2.62. The number of ketones is 1. The Hall–Kier alpha value is -1.64. The molecule has 108 valence electrons. The van der Waals surface area contributed by atoms with Crippen molar-refractivity contribution in [2.24, 2.45) is 11.8 Å². The van der Waals surface area contributed by atoms with E-state index in [-0.39, 0.29) is 17.6 Å². The second-order valence-electron chi connectivity index (χ2n) is 6.61. The molecule has 2 rings (SSSR count). The van der Waals surface area contributed by atoms with Crippen LogP contribution in [0.2, 0.25) is 0 Å². The van der Waals surface area contributed by atoms with E-state index in [2.05, 4.69) is 6.92 Å². The molecule has 0 saturated heterocycles. The lowest BCUT2D eigenvalue weighted by molar-refractivity contribution is -0.160. The molecule has 0 N–H and O–H groups in total. The Morgan fingerprint density at radius 3 is 2.35 bits per heavy atom. The summed E-state index contributed by atoms with van der Waals surface area (Å²) < 4.78 is 5.42. The maximum Gasteiger partial charge on any atom is 0.317 e. The van der Waals surface area contributed by atoms with Crippen molar-refractivity contribution in [3.8, 4) is 0 Å². The van der Waals surface area contributed by atoms with Gasteiger partial charge in [-0.15, -0.1) is 0 Å². The highest BCUT2D eigenvalue weighted by Crippen LogP contribution is 2.40. The van der Waals surface area contributed by atoms with E-state index in [1.54, 1.807) is 6.07 Å². The molecule has 3 heteroatoms. The fourth-order valence-corrected chi connectivity index (χ4v) is 2.78. The summed E-state index contributed by atoms with van der Waals surface area (Å²) in [6, 6.07) is 7.55. The molecule has 3 nitrogen and oxygen atoms in total. The summed E-state index contributed by atoms with van der Waals surface area (Å²) in [6.45, 7) is 9.47. The fraction of sp³-hybridized carbons (Fsp3) is 0.529. The van der Waals surface area contributed by atoms with Gasteiger partial charge in [0.15, 0.2) is 5.78 Å². The number of ether oxygens (including phenoxy) is 1. The number of benzene rings is 1. The molecular formula is C17H22O3. The first-order chi connectivity index (χ1) is 9.22. The molecule has 1 unspecified atom stereocenters. The molecule has 0 spiro atoms. The van der Waals surface area contributed by atoms with Crippen LogP contribution in [0.1, 0.15) is 56.5 Å². The van der Waals surface area contributed by atoms with Crippen molar-refractivity contribution in [3.05, 3.63) is 35.4 Å². The normalized spacial score (nSPS) is 26.1. The largest absolute Gasteiger partial charge is 0.459 e. The third-order valence-corrected chi connectivity index (χ3v) is 3.97. The minimum absolute atomic E-state index is 0.0488. The van der Waals surface area contributed by atoms with E-state index >= 15 is 0 Å². The van der Waals surface area contributed by atoms with Gasteiger partial charge >= 0.3 is 5.97 Å². The van der Waals surface area contributed by atoms with Crippen molar-refractivity contribution < 1.29 is 14.3 Å². The lowest BCUT2D eigenvalue weighted by atomic mass is 9.70. The molecule has 0 amide bonds. The number of Topliss-reactive ketones (excluding diaryl/α,β-unsaturated/α-hetero) is 1. The minimum atomic E-state index is -0.695. The summed E-state index contributed by atoms with van der Waals surface area (Å²) >= 11 is 0. The highest BCUT2D eigenvalue weighted by Gasteiger charge is 2.43. The number of hydrogen-bond acceptors (Lipinski definition) is 3. The second kappa shape index (κ2) is 5.04. The van der Waals surface area contributed by atoms with Crippen LogP contribution in [-0.2, 0) is 9.53 Å². The lowest BCUT2D eigenvalue weighted by Crippen LogP contribution is -2.41. The van der Waals surface area contributed by atoms with E-state index < -0.39 is 17.5 Å². The summed E-state index contributed by atoms with van der Waals surface area (Å²) in [7, 11) is 0. The predicted octanol–water partition coefficient (Wildman–Crippen LogP) is 3.58. The van der Waals surface area contributed by atoms with E-state index in [0.29, 0.717) is 5.56 Å². The number of esters is 1. The monoisotopic (exact) mass is 274 g/mol. The highest BCUT2D eigenvalue weighted by molar-refractivity contribution is 6.10. The molecule has 0 radical (unpaired) electrons. The summed E-state index contributed by atoms with van der Waals surface area (Å²) in [5.41, 5.74) is 1.12. The number of carbonyl (C=O) groups is 2. The van der Waals surface area contributed by atoms with Gasteiger partial charge in [-0.3, -0.25) is 9.59 Å². The molecule has 1 aromatic rings. The quantitative estimate of drug-likeness (QED) is 0.580. The second-order valence-corrected chi connectivity index (χ2v) is 6.61. The Bertz CT molecular complexity index is 539. The van der Waals surface area contributed by atoms with E-state index in [1.165, 1.54) is 0 Å².